The Kier molecular flexibility index (Phi) is 3.25. The Morgan fingerprint density at radius 1 is 0.947 bits per heavy atom. The highest BCUT2D eigenvalue weighted by molar-refractivity contribution is 7.99. The van der Waals surface area contributed by atoms with Gasteiger partial charge >= 0.3 is 0 Å². The number of ether oxygens (including phenoxy) is 2. The molecule has 4 heteroatoms. The van der Waals surface area contributed by atoms with Crippen molar-refractivity contribution in [3.05, 3.63) is 42.0 Å². The van der Waals surface area contributed by atoms with Gasteiger partial charge in [0.2, 0.25) is 0 Å². The minimum absolute atomic E-state index is 0.610. The number of nitrogens with two attached hydrogens (primary N) is 1. The zero-order chi connectivity index (χ0) is 13.2. The largest absolute Gasteiger partial charge is 0.486 e. The van der Waals surface area contributed by atoms with E-state index in [1.807, 2.05) is 37.3 Å². The fourth-order valence-corrected chi connectivity index (χ4v) is 2.80. The molecule has 0 aliphatic carbocycles. The SMILES string of the molecule is Cc1ccc(Sc2ccc3c(c2)OCCO3)cc1N. The fourth-order valence-electron chi connectivity index (χ4n) is 1.91. The van der Waals surface area contributed by atoms with Crippen LogP contribution in [0.3, 0.4) is 0 Å². The van der Waals surface area contributed by atoms with Crippen molar-refractivity contribution < 1.29 is 9.47 Å². The van der Waals surface area contributed by atoms with Gasteiger partial charge in [0.05, 0.1) is 0 Å². The molecule has 3 rings (SSSR count). The van der Waals surface area contributed by atoms with E-state index >= 15 is 0 Å². The van der Waals surface area contributed by atoms with E-state index in [2.05, 4.69) is 6.07 Å². The standard InChI is InChI=1S/C15H15NO2S/c1-10-2-3-11(8-13(10)16)19-12-4-5-14-15(9-12)18-7-6-17-14/h2-5,8-9H,6-7,16H2,1H3. The molecule has 1 heterocycles. The molecule has 2 aromatic rings. The minimum atomic E-state index is 0.610. The number of anilines is 1. The van der Waals surface area contributed by atoms with Gasteiger partial charge in [-0.2, -0.15) is 0 Å². The van der Waals surface area contributed by atoms with Crippen LogP contribution >= 0.6 is 11.8 Å². The first kappa shape index (κ1) is 12.2. The minimum Gasteiger partial charge on any atom is -0.486 e. The van der Waals surface area contributed by atoms with Crippen molar-refractivity contribution in [1.29, 1.82) is 0 Å². The van der Waals surface area contributed by atoms with E-state index in [9.17, 15) is 0 Å². The Morgan fingerprint density at radius 3 is 2.42 bits per heavy atom. The van der Waals surface area contributed by atoms with Crippen molar-refractivity contribution in [2.75, 3.05) is 18.9 Å². The molecule has 98 valence electrons. The second-order valence-corrected chi connectivity index (χ2v) is 5.57. The molecule has 0 atom stereocenters. The first-order valence-corrected chi connectivity index (χ1v) is 6.98. The smallest absolute Gasteiger partial charge is 0.162 e. The van der Waals surface area contributed by atoms with Crippen molar-refractivity contribution in [2.45, 2.75) is 16.7 Å². The Hall–Kier alpha value is -1.81. The van der Waals surface area contributed by atoms with E-state index in [4.69, 9.17) is 15.2 Å². The highest BCUT2D eigenvalue weighted by Crippen LogP contribution is 2.37. The van der Waals surface area contributed by atoms with E-state index in [0.29, 0.717) is 13.2 Å². The van der Waals surface area contributed by atoms with E-state index in [1.165, 1.54) is 0 Å². The zero-order valence-electron chi connectivity index (χ0n) is 10.7. The molecule has 0 saturated carbocycles. The highest BCUT2D eigenvalue weighted by atomic mass is 32.2. The van der Waals surface area contributed by atoms with Gasteiger partial charge in [0.1, 0.15) is 13.2 Å². The summed E-state index contributed by atoms with van der Waals surface area (Å²) in [6.45, 7) is 3.24. The number of aryl methyl sites for hydroxylation is 1. The molecule has 0 radical (unpaired) electrons. The number of nitrogen functional groups attached to an aromatic ring is 1. The maximum absolute atomic E-state index is 5.93. The van der Waals surface area contributed by atoms with Crippen LogP contribution in [0.4, 0.5) is 5.69 Å². The van der Waals surface area contributed by atoms with Crippen molar-refractivity contribution in [3.63, 3.8) is 0 Å². The summed E-state index contributed by atoms with van der Waals surface area (Å²) in [7, 11) is 0. The summed E-state index contributed by atoms with van der Waals surface area (Å²) in [5.41, 5.74) is 7.85. The van der Waals surface area contributed by atoms with E-state index in [1.54, 1.807) is 11.8 Å². The molecule has 3 nitrogen and oxygen atoms in total. The summed E-state index contributed by atoms with van der Waals surface area (Å²) in [6.07, 6.45) is 0. The maximum atomic E-state index is 5.93. The van der Waals surface area contributed by atoms with Gasteiger partial charge in [-0.1, -0.05) is 17.8 Å². The van der Waals surface area contributed by atoms with Crippen LogP contribution in [-0.2, 0) is 0 Å². The Morgan fingerprint density at radius 2 is 1.63 bits per heavy atom. The zero-order valence-corrected chi connectivity index (χ0v) is 11.5. The lowest BCUT2D eigenvalue weighted by molar-refractivity contribution is 0.171. The van der Waals surface area contributed by atoms with Crippen molar-refractivity contribution in [3.8, 4) is 11.5 Å². The average Bonchev–Trinajstić information content (AvgIpc) is 2.43. The number of hydrogen-bond acceptors (Lipinski definition) is 4. The molecular formula is C15H15NO2S. The fraction of sp³-hybridized carbons (Fsp3) is 0.200. The van der Waals surface area contributed by atoms with Gasteiger partial charge in [-0.25, -0.2) is 0 Å². The molecular weight excluding hydrogens is 258 g/mol. The second kappa shape index (κ2) is 5.05. The molecule has 19 heavy (non-hydrogen) atoms. The van der Waals surface area contributed by atoms with Gasteiger partial charge in [0.25, 0.3) is 0 Å². The van der Waals surface area contributed by atoms with E-state index in [-0.39, 0.29) is 0 Å². The average molecular weight is 273 g/mol. The molecule has 1 aliphatic rings. The van der Waals surface area contributed by atoms with Gasteiger partial charge in [-0.05, 0) is 42.8 Å². The lowest BCUT2D eigenvalue weighted by Gasteiger charge is -2.18. The van der Waals surface area contributed by atoms with Crippen LogP contribution in [0.2, 0.25) is 0 Å². The third-order valence-corrected chi connectivity index (χ3v) is 3.98. The molecule has 0 amide bonds. The lowest BCUT2D eigenvalue weighted by Crippen LogP contribution is -2.15. The van der Waals surface area contributed by atoms with E-state index < -0.39 is 0 Å². The molecule has 0 fully saturated rings. The summed E-state index contributed by atoms with van der Waals surface area (Å²) >= 11 is 1.67. The molecule has 0 saturated heterocycles. The predicted molar refractivity (Wildman–Crippen MR) is 77.1 cm³/mol. The van der Waals surface area contributed by atoms with Crippen LogP contribution in [0.15, 0.2) is 46.2 Å². The quantitative estimate of drug-likeness (QED) is 0.851. The number of rotatable bonds is 2. The van der Waals surface area contributed by atoms with Crippen LogP contribution in [0.1, 0.15) is 5.56 Å². The summed E-state index contributed by atoms with van der Waals surface area (Å²) in [5, 5.41) is 0. The van der Waals surface area contributed by atoms with Crippen molar-refractivity contribution in [1.82, 2.24) is 0 Å². The van der Waals surface area contributed by atoms with Crippen LogP contribution in [0, 0.1) is 6.92 Å². The maximum Gasteiger partial charge on any atom is 0.162 e. The highest BCUT2D eigenvalue weighted by Gasteiger charge is 2.12. The summed E-state index contributed by atoms with van der Waals surface area (Å²) in [6, 6.07) is 12.1. The van der Waals surface area contributed by atoms with Crippen LogP contribution < -0.4 is 15.2 Å². The first-order valence-electron chi connectivity index (χ1n) is 6.16. The molecule has 0 bridgehead atoms. The summed E-state index contributed by atoms with van der Waals surface area (Å²) < 4.78 is 11.1. The van der Waals surface area contributed by atoms with Gasteiger partial charge in [0, 0.05) is 15.5 Å². The molecule has 0 spiro atoms. The van der Waals surface area contributed by atoms with Gasteiger partial charge < -0.3 is 15.2 Å². The Labute approximate surface area is 116 Å². The topological polar surface area (TPSA) is 44.5 Å². The molecule has 2 aromatic carbocycles. The van der Waals surface area contributed by atoms with Gasteiger partial charge in [0.15, 0.2) is 11.5 Å². The van der Waals surface area contributed by atoms with Crippen molar-refractivity contribution >= 4 is 17.4 Å². The van der Waals surface area contributed by atoms with Crippen LogP contribution in [-0.4, -0.2) is 13.2 Å². The van der Waals surface area contributed by atoms with E-state index in [0.717, 1.165) is 32.5 Å². The number of fused-ring (bicyclic) bond motifs is 1. The monoisotopic (exact) mass is 273 g/mol. The first-order chi connectivity index (χ1) is 9.22. The second-order valence-electron chi connectivity index (χ2n) is 4.43. The molecule has 0 aromatic heterocycles. The van der Waals surface area contributed by atoms with Crippen molar-refractivity contribution in [2.24, 2.45) is 0 Å². The van der Waals surface area contributed by atoms with Crippen LogP contribution in [0.5, 0.6) is 11.5 Å². The predicted octanol–water partition coefficient (Wildman–Crippen LogP) is 3.50. The number of hydrogen-bond donors (Lipinski definition) is 1. The Balaban J connectivity index is 1.84. The van der Waals surface area contributed by atoms with Gasteiger partial charge in [-0.15, -0.1) is 0 Å². The molecule has 0 unspecified atom stereocenters. The normalized spacial score (nSPS) is 13.3. The summed E-state index contributed by atoms with van der Waals surface area (Å²) in [5.74, 6) is 1.63. The number of benzene rings is 2. The summed E-state index contributed by atoms with van der Waals surface area (Å²) in [4.78, 5) is 2.24. The van der Waals surface area contributed by atoms with Gasteiger partial charge in [-0.3, -0.25) is 0 Å². The third-order valence-electron chi connectivity index (χ3n) is 3.00. The lowest BCUT2D eigenvalue weighted by atomic mass is 10.2. The van der Waals surface area contributed by atoms with Crippen LogP contribution in [0.25, 0.3) is 0 Å². The molecule has 1 aliphatic heterocycles. The third kappa shape index (κ3) is 2.63. The molecule has 2 N–H and O–H groups in total. The Bertz CT molecular complexity index is 613.